The van der Waals surface area contributed by atoms with Crippen LogP contribution in [0.4, 0.5) is 5.69 Å². The molecule has 2 aromatic rings. The first-order valence-electron chi connectivity index (χ1n) is 9.21. The van der Waals surface area contributed by atoms with E-state index in [4.69, 9.17) is 16.3 Å². The molecule has 0 saturated heterocycles. The fraction of sp³-hybridized carbons (Fsp3) is 0.333. The Labute approximate surface area is 170 Å². The molecule has 6 nitrogen and oxygen atoms in total. The van der Waals surface area contributed by atoms with E-state index in [-0.39, 0.29) is 5.56 Å². The number of hydrogen-bond acceptors (Lipinski definition) is 5. The summed E-state index contributed by atoms with van der Waals surface area (Å²) >= 11 is 6.12. The van der Waals surface area contributed by atoms with Gasteiger partial charge in [0.25, 0.3) is 0 Å². The Balaban J connectivity index is 2.27. The molecular formula is C21H26ClN3O3. The van der Waals surface area contributed by atoms with Crippen molar-refractivity contribution in [3.8, 4) is 5.75 Å². The number of anilines is 1. The van der Waals surface area contributed by atoms with Crippen molar-refractivity contribution in [2.24, 2.45) is 5.10 Å². The molecule has 0 aliphatic rings. The Bertz CT molecular complexity index is 864. The van der Waals surface area contributed by atoms with Gasteiger partial charge in [-0.15, -0.1) is 0 Å². The summed E-state index contributed by atoms with van der Waals surface area (Å²) in [6, 6.07) is 10.3. The van der Waals surface area contributed by atoms with E-state index in [0.29, 0.717) is 10.7 Å². The highest BCUT2D eigenvalue weighted by Gasteiger charge is 2.12. The van der Waals surface area contributed by atoms with Crippen LogP contribution in [0.2, 0.25) is 5.02 Å². The summed E-state index contributed by atoms with van der Waals surface area (Å²) in [6.45, 7) is 9.13. The summed E-state index contributed by atoms with van der Waals surface area (Å²) in [5.74, 6) is -0.410. The fourth-order valence-electron chi connectivity index (χ4n) is 2.86. The summed E-state index contributed by atoms with van der Waals surface area (Å²) < 4.78 is 5.50. The first-order valence-corrected chi connectivity index (χ1v) is 9.59. The lowest BCUT2D eigenvalue weighted by atomic mass is 10.1. The largest absolute Gasteiger partial charge is 0.545 e. The lowest BCUT2D eigenvalue weighted by Gasteiger charge is -2.18. The van der Waals surface area contributed by atoms with Crippen LogP contribution in [0.3, 0.4) is 0 Å². The standard InChI is InChI=1S/C21H26ClN3O3/c1-5-25(6-2)13-17-11-15(8-10-20(17)28-4)14(3)23-24-19-12-16(21(26)27)7-9-18(19)22/h7-12,24H,5-6,13H2,1-4H3,(H,26,27)/b23-14-. The second-order valence-corrected chi connectivity index (χ2v) is 6.86. The lowest BCUT2D eigenvalue weighted by molar-refractivity contribution is -0.910. The molecule has 0 spiro atoms. The van der Waals surface area contributed by atoms with Gasteiger partial charge >= 0.3 is 0 Å². The average molecular weight is 404 g/mol. The maximum Gasteiger partial charge on any atom is 0.127 e. The number of aromatic carboxylic acids is 1. The normalized spacial score (nSPS) is 11.6. The predicted octanol–water partition coefficient (Wildman–Crippen LogP) is 1.97. The monoisotopic (exact) mass is 403 g/mol. The molecule has 0 heterocycles. The summed E-state index contributed by atoms with van der Waals surface area (Å²) in [6.07, 6.45) is 0. The number of benzene rings is 2. The number of hydrogen-bond donors (Lipinski definition) is 2. The van der Waals surface area contributed by atoms with E-state index in [9.17, 15) is 9.90 Å². The van der Waals surface area contributed by atoms with E-state index in [1.165, 1.54) is 23.1 Å². The number of methoxy groups -OCH3 is 1. The van der Waals surface area contributed by atoms with Gasteiger partial charge < -0.3 is 19.5 Å². The third kappa shape index (κ3) is 5.47. The number of ether oxygens (including phenoxy) is 1. The Morgan fingerprint density at radius 3 is 2.46 bits per heavy atom. The van der Waals surface area contributed by atoms with Gasteiger partial charge in [0.1, 0.15) is 12.3 Å². The summed E-state index contributed by atoms with van der Waals surface area (Å²) in [7, 11) is 1.67. The molecule has 2 rings (SSSR count). The molecule has 0 unspecified atom stereocenters. The molecule has 0 aromatic heterocycles. The fourth-order valence-corrected chi connectivity index (χ4v) is 3.02. The van der Waals surface area contributed by atoms with E-state index < -0.39 is 5.97 Å². The molecule has 7 heteroatoms. The maximum atomic E-state index is 11.0. The van der Waals surface area contributed by atoms with E-state index in [1.807, 2.05) is 19.1 Å². The van der Waals surface area contributed by atoms with Crippen molar-refractivity contribution in [2.75, 3.05) is 25.6 Å². The van der Waals surface area contributed by atoms with Crippen LogP contribution in [0.5, 0.6) is 5.75 Å². The summed E-state index contributed by atoms with van der Waals surface area (Å²) in [5.41, 5.74) is 6.09. The molecule has 0 aliphatic heterocycles. The molecule has 0 saturated carbocycles. The number of nitrogens with one attached hydrogen (secondary N) is 2. The number of carboxylic acid groups (broad SMARTS) is 1. The van der Waals surface area contributed by atoms with Gasteiger partial charge in [-0.05, 0) is 62.2 Å². The van der Waals surface area contributed by atoms with Crippen molar-refractivity contribution in [3.63, 3.8) is 0 Å². The minimum Gasteiger partial charge on any atom is -0.545 e. The third-order valence-electron chi connectivity index (χ3n) is 4.68. The highest BCUT2D eigenvalue weighted by atomic mass is 35.5. The molecule has 0 atom stereocenters. The summed E-state index contributed by atoms with van der Waals surface area (Å²) in [4.78, 5) is 12.5. The lowest BCUT2D eigenvalue weighted by Crippen LogP contribution is -3.10. The van der Waals surface area contributed by atoms with Gasteiger partial charge in [-0.1, -0.05) is 17.7 Å². The molecule has 2 aromatic carbocycles. The number of nitrogens with zero attached hydrogens (tertiary/aromatic N) is 1. The zero-order valence-electron chi connectivity index (χ0n) is 16.6. The topological polar surface area (TPSA) is 78.2 Å². The highest BCUT2D eigenvalue weighted by molar-refractivity contribution is 6.33. The molecule has 0 aliphatic carbocycles. The van der Waals surface area contributed by atoms with Crippen molar-refractivity contribution in [1.29, 1.82) is 0 Å². The van der Waals surface area contributed by atoms with Crippen molar-refractivity contribution < 1.29 is 19.5 Å². The molecule has 0 radical (unpaired) electrons. The van der Waals surface area contributed by atoms with Crippen LogP contribution in [-0.4, -0.2) is 31.9 Å². The van der Waals surface area contributed by atoms with Crippen LogP contribution in [0, 0.1) is 0 Å². The summed E-state index contributed by atoms with van der Waals surface area (Å²) in [5, 5.41) is 15.8. The smallest absolute Gasteiger partial charge is 0.127 e. The van der Waals surface area contributed by atoms with Gasteiger partial charge in [0, 0.05) is 5.56 Å². The Morgan fingerprint density at radius 1 is 1.18 bits per heavy atom. The van der Waals surface area contributed by atoms with Crippen LogP contribution >= 0.6 is 11.6 Å². The van der Waals surface area contributed by atoms with E-state index in [2.05, 4.69) is 30.4 Å². The maximum absolute atomic E-state index is 11.0. The van der Waals surface area contributed by atoms with Crippen LogP contribution in [0.25, 0.3) is 0 Å². The van der Waals surface area contributed by atoms with Gasteiger partial charge in [0.05, 0.1) is 42.6 Å². The van der Waals surface area contributed by atoms with E-state index >= 15 is 0 Å². The molecular weight excluding hydrogens is 378 g/mol. The van der Waals surface area contributed by atoms with Crippen molar-refractivity contribution in [1.82, 2.24) is 0 Å². The minimum absolute atomic E-state index is 0.0358. The first kappa shape index (κ1) is 21.7. The Morgan fingerprint density at radius 2 is 1.86 bits per heavy atom. The van der Waals surface area contributed by atoms with Crippen molar-refractivity contribution >= 4 is 29.0 Å². The van der Waals surface area contributed by atoms with Crippen LogP contribution in [0.15, 0.2) is 41.5 Å². The van der Waals surface area contributed by atoms with Gasteiger partial charge in [0.2, 0.25) is 0 Å². The number of halogens is 1. The second-order valence-electron chi connectivity index (χ2n) is 6.45. The van der Waals surface area contributed by atoms with Gasteiger partial charge in [-0.3, -0.25) is 5.43 Å². The molecule has 28 heavy (non-hydrogen) atoms. The van der Waals surface area contributed by atoms with E-state index in [0.717, 1.165) is 42.2 Å². The molecule has 0 amide bonds. The van der Waals surface area contributed by atoms with Crippen LogP contribution in [0.1, 0.15) is 42.3 Å². The number of rotatable bonds is 9. The van der Waals surface area contributed by atoms with Gasteiger partial charge in [-0.25, -0.2) is 0 Å². The number of carbonyl (C=O) groups excluding carboxylic acids is 1. The quantitative estimate of drug-likeness (QED) is 0.495. The predicted molar refractivity (Wildman–Crippen MR) is 110 cm³/mol. The zero-order chi connectivity index (χ0) is 20.7. The second kappa shape index (κ2) is 10.1. The average Bonchev–Trinajstić information content (AvgIpc) is 2.70. The SMILES string of the molecule is CC[NH+](CC)Cc1cc(/C(C)=N\Nc2cc(C(=O)[O-])ccc2Cl)ccc1OC. The molecule has 150 valence electrons. The van der Waals surface area contributed by atoms with Crippen molar-refractivity contribution in [3.05, 3.63) is 58.1 Å². The van der Waals surface area contributed by atoms with Crippen LogP contribution in [-0.2, 0) is 6.54 Å². The van der Waals surface area contributed by atoms with Gasteiger partial charge in [-0.2, -0.15) is 5.10 Å². The minimum atomic E-state index is -1.26. The number of carboxylic acids is 1. The Hall–Kier alpha value is -2.57. The molecule has 2 N–H and O–H groups in total. The number of hydrazone groups is 1. The first-order chi connectivity index (χ1) is 13.4. The van der Waals surface area contributed by atoms with E-state index in [1.54, 1.807) is 7.11 Å². The molecule has 0 bridgehead atoms. The van der Waals surface area contributed by atoms with Crippen molar-refractivity contribution in [2.45, 2.75) is 27.3 Å². The van der Waals surface area contributed by atoms with Crippen LogP contribution < -0.4 is 20.2 Å². The third-order valence-corrected chi connectivity index (χ3v) is 5.01. The zero-order valence-corrected chi connectivity index (χ0v) is 17.4. The number of quaternary nitrogens is 1. The Kier molecular flexibility index (Phi) is 7.84. The highest BCUT2D eigenvalue weighted by Crippen LogP contribution is 2.24. The van der Waals surface area contributed by atoms with Gasteiger partial charge in [0.15, 0.2) is 0 Å². The number of carbonyl (C=O) groups is 1. The molecule has 0 fully saturated rings.